The highest BCUT2D eigenvalue weighted by Crippen LogP contribution is 2.28. The van der Waals surface area contributed by atoms with Crippen LogP contribution in [0.25, 0.3) is 0 Å². The molecule has 206 valence electrons. The van der Waals surface area contributed by atoms with Crippen molar-refractivity contribution in [2.45, 2.75) is 161 Å². The molecule has 0 spiro atoms. The van der Waals surface area contributed by atoms with E-state index in [-0.39, 0.29) is 0 Å². The molecule has 2 heteroatoms. The van der Waals surface area contributed by atoms with Crippen molar-refractivity contribution in [2.75, 3.05) is 11.4 Å². The molecule has 0 amide bonds. The molecule has 2 nitrogen and oxygen atoms in total. The third-order valence-electron chi connectivity index (χ3n) is 8.01. The first-order chi connectivity index (χ1) is 17.9. The number of hydrogen-bond acceptors (Lipinski definition) is 2. The average molecular weight is 497 g/mol. The number of nitrogens with zero attached hydrogens (tertiary/aromatic N) is 2. The highest BCUT2D eigenvalue weighted by Gasteiger charge is 2.26. The first kappa shape index (κ1) is 30.8. The fourth-order valence-electron chi connectivity index (χ4n) is 5.68. The molecule has 1 heterocycles. The summed E-state index contributed by atoms with van der Waals surface area (Å²) in [5.41, 5.74) is 1.34. The van der Waals surface area contributed by atoms with Crippen molar-refractivity contribution in [3.8, 4) is 0 Å². The zero-order chi connectivity index (χ0) is 25.5. The Hall–Kier alpha value is -1.44. The second kappa shape index (κ2) is 21.6. The van der Waals surface area contributed by atoms with Crippen LogP contribution in [0.2, 0.25) is 0 Å². The largest absolute Gasteiger partial charge is 0.356 e. The van der Waals surface area contributed by atoms with Crippen LogP contribution in [-0.2, 0) is 0 Å². The molecule has 0 bridgehead atoms. The van der Waals surface area contributed by atoms with Crippen molar-refractivity contribution in [1.82, 2.24) is 4.90 Å². The SMILES string of the molecule is CCCCCCCCCCCCCCCCCC1N(CCCCCCCC)C=CN1c1ccccc1. The van der Waals surface area contributed by atoms with Gasteiger partial charge in [-0.25, -0.2) is 0 Å². The van der Waals surface area contributed by atoms with E-state index in [9.17, 15) is 0 Å². The molecule has 0 fully saturated rings. The lowest BCUT2D eigenvalue weighted by Crippen LogP contribution is -2.39. The van der Waals surface area contributed by atoms with Crippen LogP contribution < -0.4 is 4.90 Å². The van der Waals surface area contributed by atoms with Crippen LogP contribution >= 0.6 is 0 Å². The maximum atomic E-state index is 2.62. The van der Waals surface area contributed by atoms with Gasteiger partial charge in [0.15, 0.2) is 0 Å². The van der Waals surface area contributed by atoms with E-state index in [0.29, 0.717) is 6.17 Å². The Kier molecular flexibility index (Phi) is 18.5. The molecule has 2 rings (SSSR count). The molecule has 1 unspecified atom stereocenters. The van der Waals surface area contributed by atoms with Crippen molar-refractivity contribution in [1.29, 1.82) is 0 Å². The van der Waals surface area contributed by atoms with E-state index in [1.807, 2.05) is 0 Å². The monoisotopic (exact) mass is 496 g/mol. The summed E-state index contributed by atoms with van der Waals surface area (Å²) in [6, 6.07) is 11.0. The van der Waals surface area contributed by atoms with Gasteiger partial charge in [0.2, 0.25) is 0 Å². The van der Waals surface area contributed by atoms with Crippen LogP contribution in [-0.4, -0.2) is 17.6 Å². The van der Waals surface area contributed by atoms with Crippen molar-refractivity contribution >= 4 is 5.69 Å². The van der Waals surface area contributed by atoms with Crippen LogP contribution in [0.15, 0.2) is 42.7 Å². The molecule has 0 saturated heterocycles. The van der Waals surface area contributed by atoms with Crippen LogP contribution in [0.1, 0.15) is 155 Å². The van der Waals surface area contributed by atoms with E-state index in [0.717, 1.165) is 0 Å². The molecule has 1 aromatic carbocycles. The second-order valence-corrected chi connectivity index (χ2v) is 11.3. The van der Waals surface area contributed by atoms with Gasteiger partial charge in [-0.2, -0.15) is 0 Å². The fourth-order valence-corrected chi connectivity index (χ4v) is 5.68. The van der Waals surface area contributed by atoms with E-state index in [4.69, 9.17) is 0 Å². The topological polar surface area (TPSA) is 6.48 Å². The summed E-state index contributed by atoms with van der Waals surface area (Å²) in [4.78, 5) is 5.14. The molecular formula is C34H60N2. The number of rotatable bonds is 24. The zero-order valence-corrected chi connectivity index (χ0v) is 24.3. The van der Waals surface area contributed by atoms with E-state index in [2.05, 4.69) is 66.4 Å². The number of benzene rings is 1. The summed E-state index contributed by atoms with van der Waals surface area (Å²) < 4.78 is 0. The Bertz CT molecular complexity index is 625. The van der Waals surface area contributed by atoms with E-state index >= 15 is 0 Å². The third-order valence-corrected chi connectivity index (χ3v) is 8.01. The number of unbranched alkanes of at least 4 members (excludes halogenated alkanes) is 19. The summed E-state index contributed by atoms with van der Waals surface area (Å²) in [6.07, 6.45) is 36.2. The Balaban J connectivity index is 1.56. The third kappa shape index (κ3) is 13.8. The Labute approximate surface area is 225 Å². The second-order valence-electron chi connectivity index (χ2n) is 11.3. The standard InChI is InChI=1S/C34H60N2/c1-3-5-7-9-11-12-13-14-15-16-17-18-19-20-25-29-34-35(30-26-21-10-8-6-4-2)31-32-36(34)33-27-23-22-24-28-33/h22-24,27-28,31-32,34H,3-21,25-26,29-30H2,1-2H3. The summed E-state index contributed by atoms with van der Waals surface area (Å²) >= 11 is 0. The highest BCUT2D eigenvalue weighted by atomic mass is 15.4. The zero-order valence-electron chi connectivity index (χ0n) is 24.3. The predicted octanol–water partition coefficient (Wildman–Crippen LogP) is 11.2. The Morgan fingerprint density at radius 2 is 0.944 bits per heavy atom. The normalized spacial score (nSPS) is 15.3. The molecule has 36 heavy (non-hydrogen) atoms. The molecule has 1 aliphatic rings. The summed E-state index contributed by atoms with van der Waals surface area (Å²) in [5, 5.41) is 0. The number of para-hydroxylation sites is 1. The number of anilines is 1. The van der Waals surface area contributed by atoms with Gasteiger partial charge in [-0.1, -0.05) is 154 Å². The van der Waals surface area contributed by atoms with E-state index in [1.54, 1.807) is 0 Å². The smallest absolute Gasteiger partial charge is 0.105 e. The predicted molar refractivity (Wildman–Crippen MR) is 161 cm³/mol. The van der Waals surface area contributed by atoms with E-state index < -0.39 is 0 Å². The van der Waals surface area contributed by atoms with Crippen molar-refractivity contribution < 1.29 is 0 Å². The molecule has 0 radical (unpaired) electrons. The van der Waals surface area contributed by atoms with Gasteiger partial charge >= 0.3 is 0 Å². The van der Waals surface area contributed by atoms with Crippen LogP contribution in [0.3, 0.4) is 0 Å². The quantitative estimate of drug-likeness (QED) is 0.131. The Morgan fingerprint density at radius 3 is 1.44 bits per heavy atom. The first-order valence-corrected chi connectivity index (χ1v) is 16.1. The Morgan fingerprint density at radius 1 is 0.500 bits per heavy atom. The van der Waals surface area contributed by atoms with Gasteiger partial charge in [0, 0.05) is 24.6 Å². The summed E-state index contributed by atoms with van der Waals surface area (Å²) in [6.45, 7) is 5.81. The minimum atomic E-state index is 0.505. The van der Waals surface area contributed by atoms with Crippen LogP contribution in [0, 0.1) is 0 Å². The molecule has 0 aliphatic carbocycles. The molecule has 0 N–H and O–H groups in total. The fraction of sp³-hybridized carbons (Fsp3) is 0.765. The molecule has 0 saturated carbocycles. The van der Waals surface area contributed by atoms with Crippen LogP contribution in [0.4, 0.5) is 5.69 Å². The minimum Gasteiger partial charge on any atom is -0.356 e. The molecule has 1 aromatic rings. The maximum absolute atomic E-state index is 2.62. The lowest BCUT2D eigenvalue weighted by atomic mass is 10.0. The highest BCUT2D eigenvalue weighted by molar-refractivity contribution is 5.51. The average Bonchev–Trinajstić information content (AvgIpc) is 3.31. The van der Waals surface area contributed by atoms with Gasteiger partial charge in [-0.3, -0.25) is 0 Å². The molecular weight excluding hydrogens is 436 g/mol. The van der Waals surface area contributed by atoms with Gasteiger partial charge < -0.3 is 9.80 Å². The maximum Gasteiger partial charge on any atom is 0.105 e. The van der Waals surface area contributed by atoms with Gasteiger partial charge in [-0.15, -0.1) is 0 Å². The van der Waals surface area contributed by atoms with Gasteiger partial charge in [0.25, 0.3) is 0 Å². The lowest BCUT2D eigenvalue weighted by molar-refractivity contribution is 0.273. The molecule has 0 aromatic heterocycles. The first-order valence-electron chi connectivity index (χ1n) is 16.1. The molecule has 1 atom stereocenters. The van der Waals surface area contributed by atoms with E-state index in [1.165, 1.54) is 153 Å². The van der Waals surface area contributed by atoms with Gasteiger partial charge in [-0.05, 0) is 31.4 Å². The van der Waals surface area contributed by atoms with Crippen molar-refractivity contribution in [2.24, 2.45) is 0 Å². The van der Waals surface area contributed by atoms with Crippen LogP contribution in [0.5, 0.6) is 0 Å². The van der Waals surface area contributed by atoms with Gasteiger partial charge in [0.05, 0.1) is 0 Å². The van der Waals surface area contributed by atoms with Gasteiger partial charge in [0.1, 0.15) is 6.17 Å². The van der Waals surface area contributed by atoms with Crippen molar-refractivity contribution in [3.63, 3.8) is 0 Å². The van der Waals surface area contributed by atoms with Crippen molar-refractivity contribution in [3.05, 3.63) is 42.7 Å². The minimum absolute atomic E-state index is 0.505. The number of hydrogen-bond donors (Lipinski definition) is 0. The summed E-state index contributed by atoms with van der Waals surface area (Å²) in [7, 11) is 0. The summed E-state index contributed by atoms with van der Waals surface area (Å²) in [5.74, 6) is 0. The molecule has 1 aliphatic heterocycles. The lowest BCUT2D eigenvalue weighted by Gasteiger charge is -2.33.